The number of nitrogens with two attached hydrogens (primary N) is 1. The SMILES string of the molecule is CC(C)[C@H](N)C(=O)[O-].[NH4+]. The van der Waals surface area contributed by atoms with Gasteiger partial charge in [-0.1, -0.05) is 13.8 Å². The molecular weight excluding hydrogens is 120 g/mol. The highest BCUT2D eigenvalue weighted by Crippen LogP contribution is 1.94. The minimum absolute atomic E-state index is 0. The molecule has 0 bridgehead atoms. The number of carbonyl (C=O) groups is 1. The predicted octanol–water partition coefficient (Wildman–Crippen LogP) is -0.904. The van der Waals surface area contributed by atoms with Gasteiger partial charge >= 0.3 is 0 Å². The third-order valence-corrected chi connectivity index (χ3v) is 0.990. The van der Waals surface area contributed by atoms with Gasteiger partial charge in [-0.25, -0.2) is 0 Å². The second kappa shape index (κ2) is 4.29. The van der Waals surface area contributed by atoms with Crippen molar-refractivity contribution >= 4 is 5.97 Å². The summed E-state index contributed by atoms with van der Waals surface area (Å²) in [7, 11) is 0. The van der Waals surface area contributed by atoms with Crippen molar-refractivity contribution in [3.63, 3.8) is 0 Å². The molecule has 0 aliphatic rings. The van der Waals surface area contributed by atoms with E-state index < -0.39 is 12.0 Å². The molecule has 4 nitrogen and oxygen atoms in total. The van der Waals surface area contributed by atoms with E-state index in [2.05, 4.69) is 0 Å². The highest BCUT2D eigenvalue weighted by Gasteiger charge is 2.06. The average Bonchev–Trinajstić information content (AvgIpc) is 1.64. The van der Waals surface area contributed by atoms with Crippen molar-refractivity contribution < 1.29 is 9.90 Å². The molecule has 0 aromatic rings. The van der Waals surface area contributed by atoms with E-state index in [-0.39, 0.29) is 12.1 Å². The van der Waals surface area contributed by atoms with Crippen LogP contribution in [0.3, 0.4) is 0 Å². The van der Waals surface area contributed by atoms with Crippen molar-refractivity contribution in [2.75, 3.05) is 0 Å². The average molecular weight is 134 g/mol. The zero-order chi connectivity index (χ0) is 6.73. The van der Waals surface area contributed by atoms with E-state index in [9.17, 15) is 9.90 Å². The Labute approximate surface area is 54.6 Å². The van der Waals surface area contributed by atoms with E-state index in [4.69, 9.17) is 5.73 Å². The summed E-state index contributed by atoms with van der Waals surface area (Å²) in [4.78, 5) is 9.90. The van der Waals surface area contributed by atoms with Gasteiger partial charge in [0.25, 0.3) is 0 Å². The number of quaternary nitrogens is 1. The molecule has 4 heteroatoms. The molecule has 56 valence electrons. The van der Waals surface area contributed by atoms with Crippen molar-refractivity contribution in [2.45, 2.75) is 19.9 Å². The van der Waals surface area contributed by atoms with Gasteiger partial charge < -0.3 is 21.8 Å². The van der Waals surface area contributed by atoms with Crippen LogP contribution in [0, 0.1) is 5.92 Å². The lowest BCUT2D eigenvalue weighted by molar-refractivity contribution is -0.308. The van der Waals surface area contributed by atoms with Crippen LogP contribution in [0.15, 0.2) is 0 Å². The zero-order valence-corrected chi connectivity index (χ0v) is 6.05. The molecule has 0 spiro atoms. The second-order valence-electron chi connectivity index (χ2n) is 2.09. The Hall–Kier alpha value is -0.610. The maximum Gasteiger partial charge on any atom is 0.0584 e. The van der Waals surface area contributed by atoms with Crippen molar-refractivity contribution in [1.29, 1.82) is 0 Å². The highest BCUT2D eigenvalue weighted by molar-refractivity contribution is 5.71. The van der Waals surface area contributed by atoms with Crippen LogP contribution in [-0.2, 0) is 4.79 Å². The summed E-state index contributed by atoms with van der Waals surface area (Å²) >= 11 is 0. The van der Waals surface area contributed by atoms with Gasteiger partial charge in [0.2, 0.25) is 0 Å². The third kappa shape index (κ3) is 3.93. The van der Waals surface area contributed by atoms with Gasteiger partial charge in [0.15, 0.2) is 0 Å². The zero-order valence-electron chi connectivity index (χ0n) is 6.05. The Bertz CT molecular complexity index is 93.0. The Balaban J connectivity index is 0. The molecule has 0 aromatic heterocycles. The number of hydrogen-bond acceptors (Lipinski definition) is 3. The highest BCUT2D eigenvalue weighted by atomic mass is 16.4. The lowest BCUT2D eigenvalue weighted by atomic mass is 10.1. The molecule has 0 radical (unpaired) electrons. The molecule has 0 saturated heterocycles. The van der Waals surface area contributed by atoms with E-state index in [0.29, 0.717) is 0 Å². The van der Waals surface area contributed by atoms with Crippen LogP contribution in [-0.4, -0.2) is 12.0 Å². The second-order valence-corrected chi connectivity index (χ2v) is 2.09. The van der Waals surface area contributed by atoms with Crippen LogP contribution in [0.1, 0.15) is 13.8 Å². The van der Waals surface area contributed by atoms with Gasteiger partial charge in [-0.05, 0) is 5.92 Å². The molecule has 0 amide bonds. The molecule has 0 heterocycles. The largest absolute Gasteiger partial charge is 0.548 e. The first-order valence-corrected chi connectivity index (χ1v) is 2.52. The number of aliphatic carboxylic acids is 1. The standard InChI is InChI=1S/C5H11NO2.H3N/c1-3(2)4(6)5(7)8;/h3-4H,6H2,1-2H3,(H,7,8);1H3/t4-;/m0./s1. The number of rotatable bonds is 2. The van der Waals surface area contributed by atoms with E-state index in [0.717, 1.165) is 0 Å². The first-order chi connectivity index (χ1) is 3.55. The topological polar surface area (TPSA) is 103 Å². The molecule has 0 aliphatic carbocycles. The fourth-order valence-electron chi connectivity index (χ4n) is 0.272. The lowest BCUT2D eigenvalue weighted by Crippen LogP contribution is -2.45. The first-order valence-electron chi connectivity index (χ1n) is 2.52. The van der Waals surface area contributed by atoms with Crippen LogP contribution >= 0.6 is 0 Å². The summed E-state index contributed by atoms with van der Waals surface area (Å²) in [5.74, 6) is -1.22. The molecule has 0 saturated carbocycles. The quantitative estimate of drug-likeness (QED) is 0.511. The van der Waals surface area contributed by atoms with Crippen molar-refractivity contribution in [2.24, 2.45) is 11.7 Å². The minimum Gasteiger partial charge on any atom is -0.548 e. The fourth-order valence-corrected chi connectivity index (χ4v) is 0.272. The van der Waals surface area contributed by atoms with Gasteiger partial charge in [0, 0.05) is 6.04 Å². The summed E-state index contributed by atoms with van der Waals surface area (Å²) < 4.78 is 0. The van der Waals surface area contributed by atoms with Crippen molar-refractivity contribution in [3.05, 3.63) is 0 Å². The monoisotopic (exact) mass is 134 g/mol. The lowest BCUT2D eigenvalue weighted by Gasteiger charge is -2.15. The Morgan fingerprint density at radius 3 is 1.89 bits per heavy atom. The van der Waals surface area contributed by atoms with Gasteiger partial charge in [-0.3, -0.25) is 0 Å². The van der Waals surface area contributed by atoms with E-state index in [1.807, 2.05) is 0 Å². The van der Waals surface area contributed by atoms with Crippen molar-refractivity contribution in [1.82, 2.24) is 6.15 Å². The maximum absolute atomic E-state index is 9.90. The predicted molar refractivity (Wildman–Crippen MR) is 33.8 cm³/mol. The van der Waals surface area contributed by atoms with E-state index in [1.165, 1.54) is 0 Å². The van der Waals surface area contributed by atoms with Crippen molar-refractivity contribution in [3.8, 4) is 0 Å². The summed E-state index contributed by atoms with van der Waals surface area (Å²) in [5.41, 5.74) is 5.10. The summed E-state index contributed by atoms with van der Waals surface area (Å²) in [6, 6.07) is -0.824. The minimum atomic E-state index is -1.18. The fraction of sp³-hybridized carbons (Fsp3) is 0.800. The summed E-state index contributed by atoms with van der Waals surface area (Å²) in [6.45, 7) is 3.47. The van der Waals surface area contributed by atoms with Crippen LogP contribution in [0.2, 0.25) is 0 Å². The Morgan fingerprint density at radius 2 is 1.89 bits per heavy atom. The number of carboxylic acid groups (broad SMARTS) is 1. The maximum atomic E-state index is 9.90. The molecule has 0 unspecified atom stereocenters. The van der Waals surface area contributed by atoms with Crippen LogP contribution in [0.5, 0.6) is 0 Å². The number of carbonyl (C=O) groups excluding carboxylic acids is 1. The normalized spacial score (nSPS) is 12.4. The molecule has 0 rings (SSSR count). The third-order valence-electron chi connectivity index (χ3n) is 0.990. The molecule has 0 aromatic carbocycles. The molecule has 6 N–H and O–H groups in total. The van der Waals surface area contributed by atoms with Gasteiger partial charge in [0.05, 0.1) is 5.97 Å². The van der Waals surface area contributed by atoms with E-state index >= 15 is 0 Å². The molecular formula is C5H14N2O2. The first kappa shape index (κ1) is 11.2. The molecule has 9 heavy (non-hydrogen) atoms. The number of carboxylic acids is 1. The van der Waals surface area contributed by atoms with Crippen LogP contribution in [0.4, 0.5) is 0 Å². The van der Waals surface area contributed by atoms with Gasteiger partial charge in [-0.2, -0.15) is 0 Å². The summed E-state index contributed by atoms with van der Waals surface area (Å²) in [5, 5.41) is 9.90. The number of hydrogen-bond donors (Lipinski definition) is 2. The van der Waals surface area contributed by atoms with Crippen LogP contribution < -0.4 is 17.0 Å². The van der Waals surface area contributed by atoms with Crippen LogP contribution in [0.25, 0.3) is 0 Å². The molecule has 0 fully saturated rings. The smallest absolute Gasteiger partial charge is 0.0584 e. The Morgan fingerprint density at radius 1 is 1.56 bits per heavy atom. The Kier molecular flexibility index (Phi) is 5.34. The van der Waals surface area contributed by atoms with Gasteiger partial charge in [0.1, 0.15) is 0 Å². The summed E-state index contributed by atoms with van der Waals surface area (Å²) in [6.07, 6.45) is 0. The van der Waals surface area contributed by atoms with Gasteiger partial charge in [-0.15, -0.1) is 0 Å². The van der Waals surface area contributed by atoms with E-state index in [1.54, 1.807) is 13.8 Å². The molecule has 0 aliphatic heterocycles. The molecule has 1 atom stereocenters.